The lowest BCUT2D eigenvalue weighted by Crippen LogP contribution is -2.25. The number of halogens is 1. The molecule has 2 rings (SSSR count). The molecule has 1 aromatic rings. The predicted octanol–water partition coefficient (Wildman–Crippen LogP) is 3.06. The molecule has 0 radical (unpaired) electrons. The summed E-state index contributed by atoms with van der Waals surface area (Å²) in [4.78, 5) is 4.52. The maximum Gasteiger partial charge on any atom is 0.130 e. The number of pyridine rings is 1. The van der Waals surface area contributed by atoms with E-state index in [1.54, 1.807) is 0 Å². The van der Waals surface area contributed by atoms with Gasteiger partial charge in [0, 0.05) is 16.7 Å². The smallest absolute Gasteiger partial charge is 0.130 e. The third-order valence-electron chi connectivity index (χ3n) is 3.65. The number of aliphatic hydroxyl groups is 1. The highest BCUT2D eigenvalue weighted by Gasteiger charge is 2.39. The van der Waals surface area contributed by atoms with Crippen LogP contribution in [0.2, 0.25) is 0 Å². The lowest BCUT2D eigenvalue weighted by Gasteiger charge is -2.24. The van der Waals surface area contributed by atoms with Crippen molar-refractivity contribution in [3.8, 4) is 0 Å². The second-order valence-electron chi connectivity index (χ2n) is 5.95. The standard InChI is InChI=1S/C14H20FNO/c1-5-14(17)7-6-9-10(15)8-11(13(2,3)4)16-12(9)14/h8,17H,5-7H2,1-4H3. The van der Waals surface area contributed by atoms with Gasteiger partial charge in [0.2, 0.25) is 0 Å². The van der Waals surface area contributed by atoms with Crippen molar-refractivity contribution < 1.29 is 9.50 Å². The molecule has 1 aliphatic carbocycles. The van der Waals surface area contributed by atoms with Crippen molar-refractivity contribution >= 4 is 0 Å². The molecule has 0 aromatic carbocycles. The number of nitrogens with zero attached hydrogens (tertiary/aromatic N) is 1. The average Bonchev–Trinajstić information content (AvgIpc) is 2.57. The molecule has 1 aliphatic rings. The SMILES string of the molecule is CCC1(O)CCc2c(F)cc(C(C)(C)C)nc21. The minimum atomic E-state index is -0.933. The van der Waals surface area contributed by atoms with E-state index < -0.39 is 5.60 Å². The Bertz CT molecular complexity index is 450. The molecule has 0 amide bonds. The Hall–Kier alpha value is -0.960. The average molecular weight is 237 g/mol. The van der Waals surface area contributed by atoms with Gasteiger partial charge in [0.25, 0.3) is 0 Å². The van der Waals surface area contributed by atoms with Gasteiger partial charge in [-0.25, -0.2) is 4.39 Å². The Morgan fingerprint density at radius 3 is 2.65 bits per heavy atom. The van der Waals surface area contributed by atoms with Crippen LogP contribution in [-0.2, 0) is 17.4 Å². The van der Waals surface area contributed by atoms with E-state index in [0.29, 0.717) is 36.2 Å². The van der Waals surface area contributed by atoms with Crippen molar-refractivity contribution in [2.75, 3.05) is 0 Å². The molecule has 1 atom stereocenters. The van der Waals surface area contributed by atoms with Crippen molar-refractivity contribution in [3.05, 3.63) is 28.8 Å². The second-order valence-corrected chi connectivity index (χ2v) is 5.95. The largest absolute Gasteiger partial charge is 0.384 e. The highest BCUT2D eigenvalue weighted by Crippen LogP contribution is 2.40. The first-order valence-corrected chi connectivity index (χ1v) is 6.20. The van der Waals surface area contributed by atoms with E-state index in [1.165, 1.54) is 6.07 Å². The van der Waals surface area contributed by atoms with Crippen molar-refractivity contribution in [3.63, 3.8) is 0 Å². The second kappa shape index (κ2) is 3.77. The van der Waals surface area contributed by atoms with E-state index in [-0.39, 0.29) is 11.2 Å². The van der Waals surface area contributed by atoms with Gasteiger partial charge in [-0.3, -0.25) is 4.98 Å². The molecule has 1 aromatic heterocycles. The van der Waals surface area contributed by atoms with Gasteiger partial charge in [0.1, 0.15) is 11.4 Å². The van der Waals surface area contributed by atoms with Crippen LogP contribution in [0.3, 0.4) is 0 Å². The predicted molar refractivity (Wildman–Crippen MR) is 65.4 cm³/mol. The minimum Gasteiger partial charge on any atom is -0.384 e. The molecule has 1 unspecified atom stereocenters. The summed E-state index contributed by atoms with van der Waals surface area (Å²) in [6, 6.07) is 1.51. The normalized spacial score (nSPS) is 23.9. The third kappa shape index (κ3) is 1.97. The number of aromatic nitrogens is 1. The van der Waals surface area contributed by atoms with Crippen molar-refractivity contribution in [2.24, 2.45) is 0 Å². The molecule has 17 heavy (non-hydrogen) atoms. The van der Waals surface area contributed by atoms with Gasteiger partial charge in [-0.05, 0) is 25.3 Å². The van der Waals surface area contributed by atoms with Gasteiger partial charge in [-0.2, -0.15) is 0 Å². The van der Waals surface area contributed by atoms with Crippen LogP contribution in [0.1, 0.15) is 57.5 Å². The summed E-state index contributed by atoms with van der Waals surface area (Å²) < 4.78 is 14.0. The van der Waals surface area contributed by atoms with Crippen LogP contribution in [0.25, 0.3) is 0 Å². The van der Waals surface area contributed by atoms with E-state index in [9.17, 15) is 9.50 Å². The maximum absolute atomic E-state index is 14.0. The first kappa shape index (κ1) is 12.5. The molecule has 0 saturated carbocycles. The van der Waals surface area contributed by atoms with Crippen molar-refractivity contribution in [1.82, 2.24) is 4.98 Å². The van der Waals surface area contributed by atoms with Gasteiger partial charge in [0.15, 0.2) is 0 Å². The molecule has 2 nitrogen and oxygen atoms in total. The van der Waals surface area contributed by atoms with Crippen molar-refractivity contribution in [2.45, 2.75) is 58.0 Å². The van der Waals surface area contributed by atoms with E-state index in [4.69, 9.17) is 0 Å². The Labute approximate surface area is 102 Å². The molecule has 1 heterocycles. The summed E-state index contributed by atoms with van der Waals surface area (Å²) in [5.74, 6) is -0.218. The monoisotopic (exact) mass is 237 g/mol. The third-order valence-corrected chi connectivity index (χ3v) is 3.65. The Kier molecular flexibility index (Phi) is 2.77. The summed E-state index contributed by atoms with van der Waals surface area (Å²) in [5.41, 5.74) is 0.736. The molecule has 0 fully saturated rings. The quantitative estimate of drug-likeness (QED) is 0.814. The van der Waals surface area contributed by atoms with Crippen LogP contribution in [0.4, 0.5) is 4.39 Å². The molecular formula is C14H20FNO. The fourth-order valence-electron chi connectivity index (χ4n) is 2.34. The van der Waals surface area contributed by atoms with Gasteiger partial charge in [-0.15, -0.1) is 0 Å². The van der Waals surface area contributed by atoms with Crippen LogP contribution < -0.4 is 0 Å². The number of rotatable bonds is 1. The number of hydrogen-bond acceptors (Lipinski definition) is 2. The van der Waals surface area contributed by atoms with E-state index >= 15 is 0 Å². The molecule has 3 heteroatoms. The summed E-state index contributed by atoms with van der Waals surface area (Å²) >= 11 is 0. The fourth-order valence-corrected chi connectivity index (χ4v) is 2.34. The van der Waals surface area contributed by atoms with Crippen LogP contribution in [0, 0.1) is 5.82 Å². The Balaban J connectivity index is 2.60. The van der Waals surface area contributed by atoms with Gasteiger partial charge in [-0.1, -0.05) is 27.7 Å². The summed E-state index contributed by atoms with van der Waals surface area (Å²) in [6.45, 7) is 7.92. The fraction of sp³-hybridized carbons (Fsp3) is 0.643. The van der Waals surface area contributed by atoms with Crippen LogP contribution >= 0.6 is 0 Å². The van der Waals surface area contributed by atoms with Crippen LogP contribution in [0.15, 0.2) is 6.07 Å². The lowest BCUT2D eigenvalue weighted by molar-refractivity contribution is 0.0303. The lowest BCUT2D eigenvalue weighted by atomic mass is 9.90. The first-order chi connectivity index (χ1) is 7.78. The zero-order valence-corrected chi connectivity index (χ0v) is 11.0. The maximum atomic E-state index is 14.0. The number of hydrogen-bond donors (Lipinski definition) is 1. The molecule has 0 aliphatic heterocycles. The topological polar surface area (TPSA) is 33.1 Å². The van der Waals surface area contributed by atoms with Gasteiger partial charge < -0.3 is 5.11 Å². The minimum absolute atomic E-state index is 0.201. The van der Waals surface area contributed by atoms with E-state index in [1.807, 2.05) is 27.7 Å². The molecular weight excluding hydrogens is 217 g/mol. The summed E-state index contributed by atoms with van der Waals surface area (Å²) in [7, 11) is 0. The summed E-state index contributed by atoms with van der Waals surface area (Å²) in [6.07, 6.45) is 1.75. The first-order valence-electron chi connectivity index (χ1n) is 6.20. The molecule has 0 saturated heterocycles. The van der Waals surface area contributed by atoms with E-state index in [0.717, 1.165) is 0 Å². The Morgan fingerprint density at radius 1 is 1.47 bits per heavy atom. The highest BCUT2D eigenvalue weighted by molar-refractivity contribution is 5.35. The number of fused-ring (bicyclic) bond motifs is 1. The van der Waals surface area contributed by atoms with Gasteiger partial charge >= 0.3 is 0 Å². The van der Waals surface area contributed by atoms with Gasteiger partial charge in [0.05, 0.1) is 5.69 Å². The zero-order chi connectivity index (χ0) is 12.8. The summed E-state index contributed by atoms with van der Waals surface area (Å²) in [5, 5.41) is 10.4. The van der Waals surface area contributed by atoms with Crippen molar-refractivity contribution in [1.29, 1.82) is 0 Å². The zero-order valence-electron chi connectivity index (χ0n) is 11.0. The molecule has 0 bridgehead atoms. The highest BCUT2D eigenvalue weighted by atomic mass is 19.1. The molecule has 94 valence electrons. The Morgan fingerprint density at radius 2 is 2.12 bits per heavy atom. The van der Waals surface area contributed by atoms with E-state index in [2.05, 4.69) is 4.98 Å². The molecule has 1 N–H and O–H groups in total. The van der Waals surface area contributed by atoms with Crippen LogP contribution in [-0.4, -0.2) is 10.1 Å². The van der Waals surface area contributed by atoms with Crippen LogP contribution in [0.5, 0.6) is 0 Å². The molecule has 0 spiro atoms.